The van der Waals surface area contributed by atoms with Gasteiger partial charge in [0, 0.05) is 17.9 Å². The monoisotopic (exact) mass is 217 g/mol. The van der Waals surface area contributed by atoms with Crippen molar-refractivity contribution in [3.8, 4) is 11.1 Å². The highest BCUT2D eigenvalue weighted by molar-refractivity contribution is 6.03. The minimum absolute atomic E-state index is 1.23. The first kappa shape index (κ1) is 8.82. The molecule has 17 heavy (non-hydrogen) atoms. The Morgan fingerprint density at radius 1 is 0.824 bits per heavy atom. The number of aromatic nitrogens is 1. The Kier molecular flexibility index (Phi) is 1.61. The zero-order valence-electron chi connectivity index (χ0n) is 9.30. The molecule has 2 heterocycles. The number of nitrogens with zero attached hydrogens (tertiary/aromatic N) is 1. The van der Waals surface area contributed by atoms with Crippen LogP contribution in [0.3, 0.4) is 0 Å². The molecular weight excluding hydrogens is 206 g/mol. The van der Waals surface area contributed by atoms with E-state index < -0.39 is 0 Å². The molecule has 2 aromatic rings. The van der Waals surface area contributed by atoms with Gasteiger partial charge in [-0.3, -0.25) is 0 Å². The summed E-state index contributed by atoms with van der Waals surface area (Å²) in [7, 11) is 0. The standard InChI is InChI=1S/C16H11N/c1-2-7-15-12(5-1)9-13-11-17-8-4-3-6-14(17)10-16(13)15/h1-11H. The van der Waals surface area contributed by atoms with Crippen LogP contribution in [0.25, 0.3) is 27.4 Å². The zero-order valence-corrected chi connectivity index (χ0v) is 9.30. The van der Waals surface area contributed by atoms with E-state index in [9.17, 15) is 0 Å². The lowest BCUT2D eigenvalue weighted by atomic mass is 10.1. The first-order valence-electron chi connectivity index (χ1n) is 5.80. The molecule has 1 aliphatic heterocycles. The lowest BCUT2D eigenvalue weighted by molar-refractivity contribution is 1.17. The molecule has 0 atom stereocenters. The van der Waals surface area contributed by atoms with Gasteiger partial charge < -0.3 is 4.40 Å². The molecule has 1 aromatic carbocycles. The third kappa shape index (κ3) is 1.19. The largest absolute Gasteiger partial charge is 0.323 e. The number of pyridine rings is 2. The molecule has 4 rings (SSSR count). The zero-order chi connectivity index (χ0) is 11.2. The highest BCUT2D eigenvalue weighted by atomic mass is 14.8. The molecule has 0 fully saturated rings. The van der Waals surface area contributed by atoms with Crippen molar-refractivity contribution in [2.24, 2.45) is 0 Å². The fourth-order valence-electron chi connectivity index (χ4n) is 2.54. The maximum Gasteiger partial charge on any atom is 0.0455 e. The molecule has 2 aliphatic rings. The molecule has 0 bridgehead atoms. The van der Waals surface area contributed by atoms with Crippen LogP contribution in [0, 0.1) is 0 Å². The first-order valence-corrected chi connectivity index (χ1v) is 5.80. The molecule has 0 N–H and O–H groups in total. The van der Waals surface area contributed by atoms with E-state index in [2.05, 4.69) is 71.4 Å². The summed E-state index contributed by atoms with van der Waals surface area (Å²) in [5.41, 5.74) is 3.87. The number of hydrogen-bond acceptors (Lipinski definition) is 0. The lowest BCUT2D eigenvalue weighted by Gasteiger charge is -2.05. The third-order valence-electron chi connectivity index (χ3n) is 3.37. The second kappa shape index (κ2) is 3.11. The van der Waals surface area contributed by atoms with Crippen LogP contribution >= 0.6 is 0 Å². The summed E-state index contributed by atoms with van der Waals surface area (Å²) in [6.07, 6.45) is 4.29. The van der Waals surface area contributed by atoms with Gasteiger partial charge in [0.25, 0.3) is 0 Å². The van der Waals surface area contributed by atoms with Crippen LogP contribution in [0.4, 0.5) is 0 Å². The predicted octanol–water partition coefficient (Wildman–Crippen LogP) is 4.20. The van der Waals surface area contributed by atoms with E-state index in [0.29, 0.717) is 0 Å². The minimum atomic E-state index is 1.23. The van der Waals surface area contributed by atoms with E-state index in [1.54, 1.807) is 0 Å². The molecule has 0 spiro atoms. The maximum absolute atomic E-state index is 2.26. The summed E-state index contributed by atoms with van der Waals surface area (Å²) in [5.74, 6) is 0. The van der Waals surface area contributed by atoms with E-state index >= 15 is 0 Å². The Labute approximate surface area is 99.3 Å². The average molecular weight is 217 g/mol. The van der Waals surface area contributed by atoms with Crippen LogP contribution in [0.1, 0.15) is 0 Å². The average Bonchev–Trinajstić information content (AvgIpc) is 2.73. The van der Waals surface area contributed by atoms with Crippen molar-refractivity contribution in [2.75, 3.05) is 0 Å². The minimum Gasteiger partial charge on any atom is -0.323 e. The van der Waals surface area contributed by atoms with Gasteiger partial charge in [-0.1, -0.05) is 30.3 Å². The molecule has 0 saturated heterocycles. The summed E-state index contributed by atoms with van der Waals surface area (Å²) in [5, 5.41) is 2.66. The van der Waals surface area contributed by atoms with E-state index in [-0.39, 0.29) is 0 Å². The molecular formula is C16H11N. The fraction of sp³-hybridized carbons (Fsp3) is 0. The van der Waals surface area contributed by atoms with Gasteiger partial charge >= 0.3 is 0 Å². The molecule has 1 aliphatic carbocycles. The maximum atomic E-state index is 2.26. The van der Waals surface area contributed by atoms with Crippen LogP contribution < -0.4 is 0 Å². The smallest absolute Gasteiger partial charge is 0.0455 e. The Balaban J connectivity index is 2.25. The van der Waals surface area contributed by atoms with Gasteiger partial charge in [0.1, 0.15) is 0 Å². The molecule has 1 heteroatoms. The van der Waals surface area contributed by atoms with Crippen LogP contribution in [-0.2, 0) is 0 Å². The van der Waals surface area contributed by atoms with Gasteiger partial charge in [0.05, 0.1) is 0 Å². The van der Waals surface area contributed by atoms with Crippen molar-refractivity contribution in [1.29, 1.82) is 0 Å². The fourth-order valence-corrected chi connectivity index (χ4v) is 2.54. The van der Waals surface area contributed by atoms with Crippen LogP contribution in [0.15, 0.2) is 67.0 Å². The Morgan fingerprint density at radius 3 is 2.71 bits per heavy atom. The van der Waals surface area contributed by atoms with Gasteiger partial charge in [-0.15, -0.1) is 0 Å². The van der Waals surface area contributed by atoms with E-state index in [0.717, 1.165) is 0 Å². The van der Waals surface area contributed by atoms with Gasteiger partial charge in [-0.25, -0.2) is 0 Å². The Morgan fingerprint density at radius 2 is 1.71 bits per heavy atom. The van der Waals surface area contributed by atoms with Crippen molar-refractivity contribution >= 4 is 16.3 Å². The van der Waals surface area contributed by atoms with E-state index in [1.807, 2.05) is 0 Å². The third-order valence-corrected chi connectivity index (χ3v) is 3.37. The second-order valence-corrected chi connectivity index (χ2v) is 4.41. The summed E-state index contributed by atoms with van der Waals surface area (Å²) in [4.78, 5) is 0. The van der Waals surface area contributed by atoms with Crippen LogP contribution in [0.2, 0.25) is 0 Å². The highest BCUT2D eigenvalue weighted by Crippen LogP contribution is 2.34. The number of rotatable bonds is 0. The SMILES string of the molecule is c1ccc2c3cc4ccccn4cc-3cc2c1. The van der Waals surface area contributed by atoms with Gasteiger partial charge in [-0.05, 0) is 46.2 Å². The number of benzene rings is 1. The van der Waals surface area contributed by atoms with Crippen LogP contribution in [0.5, 0.6) is 0 Å². The Hall–Kier alpha value is -2.28. The first-order chi connectivity index (χ1) is 8.42. The molecule has 0 radical (unpaired) electrons. The predicted molar refractivity (Wildman–Crippen MR) is 71.5 cm³/mol. The van der Waals surface area contributed by atoms with Crippen molar-refractivity contribution in [1.82, 2.24) is 4.40 Å². The van der Waals surface area contributed by atoms with E-state index in [4.69, 9.17) is 0 Å². The summed E-state index contributed by atoms with van der Waals surface area (Å²) >= 11 is 0. The summed E-state index contributed by atoms with van der Waals surface area (Å²) in [6, 6.07) is 19.3. The van der Waals surface area contributed by atoms with Crippen LogP contribution in [-0.4, -0.2) is 4.40 Å². The van der Waals surface area contributed by atoms with Crippen molar-refractivity contribution < 1.29 is 0 Å². The van der Waals surface area contributed by atoms with Crippen molar-refractivity contribution in [3.63, 3.8) is 0 Å². The summed E-state index contributed by atoms with van der Waals surface area (Å²) in [6.45, 7) is 0. The molecule has 1 aromatic heterocycles. The van der Waals surface area contributed by atoms with E-state index in [1.165, 1.54) is 27.4 Å². The summed E-state index contributed by atoms with van der Waals surface area (Å²) < 4.78 is 2.17. The van der Waals surface area contributed by atoms with Gasteiger partial charge in [0.2, 0.25) is 0 Å². The molecule has 0 amide bonds. The normalized spacial score (nSPS) is 11.5. The topological polar surface area (TPSA) is 4.41 Å². The quantitative estimate of drug-likeness (QED) is 0.416. The molecule has 0 unspecified atom stereocenters. The second-order valence-electron chi connectivity index (χ2n) is 4.41. The van der Waals surface area contributed by atoms with Gasteiger partial charge in [0.15, 0.2) is 0 Å². The highest BCUT2D eigenvalue weighted by Gasteiger charge is 2.09. The van der Waals surface area contributed by atoms with Crippen molar-refractivity contribution in [2.45, 2.75) is 0 Å². The Bertz CT molecular complexity index is 789. The van der Waals surface area contributed by atoms with Crippen molar-refractivity contribution in [3.05, 3.63) is 67.0 Å². The van der Waals surface area contributed by atoms with Gasteiger partial charge in [-0.2, -0.15) is 0 Å². The number of hydrogen-bond donors (Lipinski definition) is 0. The molecule has 80 valence electrons. The number of fused-ring (bicyclic) bond motifs is 4. The molecule has 0 saturated carbocycles. The molecule has 1 nitrogen and oxygen atoms in total. The lowest BCUT2D eigenvalue weighted by Crippen LogP contribution is -1.88.